The summed E-state index contributed by atoms with van der Waals surface area (Å²) in [5.41, 5.74) is 2.71. The Morgan fingerprint density at radius 1 is 1.12 bits per heavy atom. The molecule has 2 saturated carbocycles. The number of hydrogen-bond donors (Lipinski definition) is 1. The molecule has 0 saturated heterocycles. The van der Waals surface area contributed by atoms with E-state index in [-0.39, 0.29) is 0 Å². The number of aromatic nitrogens is 8. The minimum Gasteiger partial charge on any atom is -0.345 e. The van der Waals surface area contributed by atoms with Gasteiger partial charge in [-0.3, -0.25) is 4.40 Å². The number of alkyl halides is 1. The minimum absolute atomic E-state index is 0.340. The number of fused-ring (bicyclic) bond motifs is 3. The molecular formula is C17H17IN8. The standard InChI is InChI=1S/C17H17IN8/c18-12-6-10(26-16(9-1-2-9)21-8-22-26)5-11(12)17-24-23-14-7-20-15-13(25(14)17)3-4-19-15/h3-4,7-12,19H,1-2,5-6H2/t10-,11+,12-/m1/s1. The van der Waals surface area contributed by atoms with Gasteiger partial charge in [0.2, 0.25) is 0 Å². The fraction of sp³-hybridized carbons (Fsp3) is 0.471. The van der Waals surface area contributed by atoms with Crippen LogP contribution in [0, 0.1) is 0 Å². The van der Waals surface area contributed by atoms with E-state index in [1.54, 1.807) is 12.5 Å². The number of nitrogens with zero attached hydrogens (tertiary/aromatic N) is 7. The molecule has 0 spiro atoms. The Kier molecular flexibility index (Phi) is 3.17. The van der Waals surface area contributed by atoms with E-state index in [0.29, 0.717) is 21.8 Å². The van der Waals surface area contributed by atoms with Crippen LogP contribution in [0.15, 0.2) is 24.8 Å². The van der Waals surface area contributed by atoms with Crippen LogP contribution < -0.4 is 0 Å². The normalized spacial score (nSPS) is 26.3. The minimum atomic E-state index is 0.340. The van der Waals surface area contributed by atoms with Gasteiger partial charge in [-0.15, -0.1) is 10.2 Å². The molecule has 0 aliphatic heterocycles. The maximum atomic E-state index is 4.56. The van der Waals surface area contributed by atoms with E-state index >= 15 is 0 Å². The molecule has 0 aromatic carbocycles. The SMILES string of the molecule is I[C@@H]1C[C@H](n2ncnc2C2CC2)C[C@@H]1c1nnc2cnc3[nH]ccc3n12. The van der Waals surface area contributed by atoms with Gasteiger partial charge in [-0.25, -0.2) is 14.6 Å². The first kappa shape index (κ1) is 15.1. The molecule has 2 aliphatic carbocycles. The summed E-state index contributed by atoms with van der Waals surface area (Å²) < 4.78 is 4.82. The highest BCUT2D eigenvalue weighted by molar-refractivity contribution is 14.1. The molecule has 3 atom stereocenters. The maximum absolute atomic E-state index is 4.56. The average Bonchev–Trinajstić information content (AvgIpc) is 3.05. The Balaban J connectivity index is 1.41. The van der Waals surface area contributed by atoms with Crippen molar-refractivity contribution in [2.24, 2.45) is 0 Å². The number of halogens is 1. The topological polar surface area (TPSA) is 89.6 Å². The van der Waals surface area contributed by atoms with Crippen molar-refractivity contribution in [2.45, 2.75) is 47.5 Å². The second-order valence-corrected chi connectivity index (χ2v) is 8.91. The summed E-state index contributed by atoms with van der Waals surface area (Å²) in [5, 5.41) is 13.5. The van der Waals surface area contributed by atoms with Crippen LogP contribution in [0.3, 0.4) is 0 Å². The molecule has 2 fully saturated rings. The number of aromatic amines is 1. The fourth-order valence-electron chi connectivity index (χ4n) is 4.24. The molecule has 2 aliphatic rings. The molecule has 9 heteroatoms. The van der Waals surface area contributed by atoms with Crippen LogP contribution in [0.2, 0.25) is 0 Å². The van der Waals surface area contributed by atoms with Gasteiger partial charge in [0, 0.05) is 22.0 Å². The highest BCUT2D eigenvalue weighted by Gasteiger charge is 2.40. The molecule has 1 N–H and O–H groups in total. The van der Waals surface area contributed by atoms with Crippen molar-refractivity contribution >= 4 is 39.4 Å². The summed E-state index contributed by atoms with van der Waals surface area (Å²) in [6, 6.07) is 2.43. The predicted molar refractivity (Wildman–Crippen MR) is 103 cm³/mol. The zero-order chi connectivity index (χ0) is 17.3. The van der Waals surface area contributed by atoms with Gasteiger partial charge in [0.15, 0.2) is 11.3 Å². The number of H-pyrrole nitrogens is 1. The quantitative estimate of drug-likeness (QED) is 0.375. The van der Waals surface area contributed by atoms with E-state index in [2.05, 4.69) is 61.9 Å². The number of nitrogens with one attached hydrogen (secondary N) is 1. The van der Waals surface area contributed by atoms with Crippen molar-refractivity contribution in [3.8, 4) is 0 Å². The van der Waals surface area contributed by atoms with Crippen molar-refractivity contribution in [3.05, 3.63) is 36.4 Å². The van der Waals surface area contributed by atoms with Crippen LogP contribution in [0.25, 0.3) is 16.8 Å². The lowest BCUT2D eigenvalue weighted by molar-refractivity contribution is 0.440. The van der Waals surface area contributed by atoms with Crippen molar-refractivity contribution < 1.29 is 0 Å². The Morgan fingerprint density at radius 3 is 2.92 bits per heavy atom. The van der Waals surface area contributed by atoms with Gasteiger partial charge in [-0.05, 0) is 31.7 Å². The van der Waals surface area contributed by atoms with Crippen molar-refractivity contribution in [1.82, 2.24) is 39.3 Å². The third-order valence-corrected chi connectivity index (χ3v) is 7.02. The van der Waals surface area contributed by atoms with Gasteiger partial charge in [-0.1, -0.05) is 22.6 Å². The zero-order valence-electron chi connectivity index (χ0n) is 14.0. The monoisotopic (exact) mass is 460 g/mol. The molecular weight excluding hydrogens is 443 g/mol. The van der Waals surface area contributed by atoms with Gasteiger partial charge >= 0.3 is 0 Å². The van der Waals surface area contributed by atoms with Crippen LogP contribution in [-0.2, 0) is 0 Å². The summed E-state index contributed by atoms with van der Waals surface area (Å²) in [6.07, 6.45) is 10.0. The summed E-state index contributed by atoms with van der Waals surface area (Å²) in [7, 11) is 0. The Bertz CT molecular complexity index is 1110. The number of rotatable bonds is 3. The molecule has 132 valence electrons. The lowest BCUT2D eigenvalue weighted by Gasteiger charge is -2.13. The largest absolute Gasteiger partial charge is 0.345 e. The molecule has 0 unspecified atom stereocenters. The first-order valence-corrected chi connectivity index (χ1v) is 10.2. The summed E-state index contributed by atoms with van der Waals surface area (Å²) in [4.78, 5) is 12.1. The van der Waals surface area contributed by atoms with Crippen LogP contribution in [-0.4, -0.2) is 43.3 Å². The molecule has 6 rings (SSSR count). The molecule has 4 heterocycles. The third kappa shape index (κ3) is 2.15. The molecule has 4 aromatic rings. The van der Waals surface area contributed by atoms with Crippen molar-refractivity contribution in [2.75, 3.05) is 0 Å². The predicted octanol–water partition coefficient (Wildman–Crippen LogP) is 3.00. The van der Waals surface area contributed by atoms with Gasteiger partial charge in [0.25, 0.3) is 0 Å². The molecule has 4 aromatic heterocycles. The van der Waals surface area contributed by atoms with Gasteiger partial charge in [0.1, 0.15) is 18.0 Å². The van der Waals surface area contributed by atoms with Gasteiger partial charge in [0.05, 0.1) is 17.8 Å². The second kappa shape index (κ2) is 5.48. The van der Waals surface area contributed by atoms with E-state index in [1.165, 1.54) is 18.7 Å². The Labute approximate surface area is 162 Å². The smallest absolute Gasteiger partial charge is 0.179 e. The summed E-state index contributed by atoms with van der Waals surface area (Å²) >= 11 is 2.57. The summed E-state index contributed by atoms with van der Waals surface area (Å²) in [6.45, 7) is 0. The van der Waals surface area contributed by atoms with E-state index in [4.69, 9.17) is 0 Å². The maximum Gasteiger partial charge on any atom is 0.179 e. The molecule has 8 nitrogen and oxygen atoms in total. The lowest BCUT2D eigenvalue weighted by atomic mass is 10.1. The van der Waals surface area contributed by atoms with Crippen molar-refractivity contribution in [3.63, 3.8) is 0 Å². The van der Waals surface area contributed by atoms with Crippen LogP contribution >= 0.6 is 22.6 Å². The van der Waals surface area contributed by atoms with E-state index < -0.39 is 0 Å². The van der Waals surface area contributed by atoms with Gasteiger partial charge in [-0.2, -0.15) is 5.10 Å². The molecule has 0 radical (unpaired) electrons. The highest BCUT2D eigenvalue weighted by Crippen LogP contribution is 2.47. The second-order valence-electron chi connectivity index (χ2n) is 7.31. The van der Waals surface area contributed by atoms with E-state index in [0.717, 1.165) is 35.5 Å². The number of hydrogen-bond acceptors (Lipinski definition) is 5. The summed E-state index contributed by atoms with van der Waals surface area (Å²) in [5.74, 6) is 3.15. The first-order chi connectivity index (χ1) is 12.8. The third-order valence-electron chi connectivity index (χ3n) is 5.65. The average molecular weight is 460 g/mol. The Morgan fingerprint density at radius 2 is 2.04 bits per heavy atom. The fourth-order valence-corrected chi connectivity index (χ4v) is 5.44. The van der Waals surface area contributed by atoms with Crippen LogP contribution in [0.5, 0.6) is 0 Å². The van der Waals surface area contributed by atoms with E-state index in [1.807, 2.05) is 12.3 Å². The van der Waals surface area contributed by atoms with Gasteiger partial charge < -0.3 is 4.98 Å². The van der Waals surface area contributed by atoms with Crippen LogP contribution in [0.1, 0.15) is 55.2 Å². The van der Waals surface area contributed by atoms with Crippen LogP contribution in [0.4, 0.5) is 0 Å². The molecule has 0 amide bonds. The molecule has 0 bridgehead atoms. The van der Waals surface area contributed by atoms with Crippen molar-refractivity contribution in [1.29, 1.82) is 0 Å². The van der Waals surface area contributed by atoms with E-state index in [9.17, 15) is 0 Å². The Hall–Kier alpha value is -2.04. The first-order valence-electron chi connectivity index (χ1n) is 9.00. The highest BCUT2D eigenvalue weighted by atomic mass is 127. The zero-order valence-corrected chi connectivity index (χ0v) is 16.1. The lowest BCUT2D eigenvalue weighted by Crippen LogP contribution is -2.11. The molecule has 26 heavy (non-hydrogen) atoms.